The number of sulfonamides is 1. The highest BCUT2D eigenvalue weighted by atomic mass is 32.2. The summed E-state index contributed by atoms with van der Waals surface area (Å²) in [6.45, 7) is -0.0551. The number of rotatable bonds is 11. The second kappa shape index (κ2) is 11.2. The van der Waals surface area contributed by atoms with E-state index in [0.29, 0.717) is 17.2 Å². The first kappa shape index (κ1) is 23.9. The molecule has 0 heterocycles. The van der Waals surface area contributed by atoms with Crippen LogP contribution in [0.15, 0.2) is 83.8 Å². The largest absolute Gasteiger partial charge is 0.495 e. The fourth-order valence-electron chi connectivity index (χ4n) is 3.13. The highest BCUT2D eigenvalue weighted by Gasteiger charge is 2.29. The van der Waals surface area contributed by atoms with Crippen LogP contribution in [0.2, 0.25) is 0 Å². The molecule has 3 rings (SSSR count). The van der Waals surface area contributed by atoms with Gasteiger partial charge in [-0.05, 0) is 36.4 Å². The Morgan fingerprint density at radius 3 is 2.06 bits per heavy atom. The van der Waals surface area contributed by atoms with Crippen molar-refractivity contribution in [2.45, 2.75) is 4.90 Å². The van der Waals surface area contributed by atoms with E-state index in [2.05, 4.69) is 5.32 Å². The molecule has 8 nitrogen and oxygen atoms in total. The molecule has 0 aliphatic carbocycles. The number of nitrogens with zero attached hydrogens (tertiary/aromatic N) is 1. The number of para-hydroxylation sites is 4. The Morgan fingerprint density at radius 1 is 0.818 bits per heavy atom. The van der Waals surface area contributed by atoms with Gasteiger partial charge in [-0.2, -0.15) is 0 Å². The van der Waals surface area contributed by atoms with Gasteiger partial charge < -0.3 is 19.5 Å². The Morgan fingerprint density at radius 2 is 1.39 bits per heavy atom. The molecule has 9 heteroatoms. The maximum Gasteiger partial charge on any atom is 0.264 e. The molecular formula is C24H26N2O6S. The third kappa shape index (κ3) is 5.95. The van der Waals surface area contributed by atoms with E-state index < -0.39 is 22.5 Å². The number of carbonyl (C=O) groups excluding carboxylic acids is 1. The number of hydrogen-bond donors (Lipinski definition) is 1. The number of anilines is 1. The van der Waals surface area contributed by atoms with Crippen molar-refractivity contribution < 1.29 is 27.4 Å². The molecule has 0 radical (unpaired) electrons. The van der Waals surface area contributed by atoms with Crippen molar-refractivity contribution in [2.75, 3.05) is 38.2 Å². The van der Waals surface area contributed by atoms with Crippen molar-refractivity contribution in [1.29, 1.82) is 0 Å². The number of ether oxygens (including phenoxy) is 3. The summed E-state index contributed by atoms with van der Waals surface area (Å²) in [6.07, 6.45) is 0. The van der Waals surface area contributed by atoms with Crippen molar-refractivity contribution in [3.63, 3.8) is 0 Å². The second-order valence-electron chi connectivity index (χ2n) is 6.85. The predicted octanol–water partition coefficient (Wildman–Crippen LogP) is 3.09. The van der Waals surface area contributed by atoms with E-state index in [-0.39, 0.29) is 23.7 Å². The first-order valence-electron chi connectivity index (χ1n) is 10.2. The van der Waals surface area contributed by atoms with E-state index in [1.165, 1.54) is 19.2 Å². The molecule has 0 aliphatic rings. The van der Waals surface area contributed by atoms with Gasteiger partial charge in [0.2, 0.25) is 5.91 Å². The van der Waals surface area contributed by atoms with Crippen LogP contribution in [0.25, 0.3) is 0 Å². The minimum Gasteiger partial charge on any atom is -0.495 e. The lowest BCUT2D eigenvalue weighted by Crippen LogP contribution is -2.42. The monoisotopic (exact) mass is 470 g/mol. The summed E-state index contributed by atoms with van der Waals surface area (Å²) in [5.41, 5.74) is 0.268. The Balaban J connectivity index is 1.73. The molecule has 33 heavy (non-hydrogen) atoms. The molecule has 0 saturated heterocycles. The lowest BCUT2D eigenvalue weighted by molar-refractivity contribution is -0.119. The number of carbonyl (C=O) groups is 1. The molecule has 0 atom stereocenters. The minimum atomic E-state index is -4.02. The molecule has 0 fully saturated rings. The normalized spacial score (nSPS) is 10.8. The zero-order chi connectivity index (χ0) is 23.7. The number of amides is 1. The maximum absolute atomic E-state index is 13.4. The van der Waals surface area contributed by atoms with Crippen LogP contribution in [0.3, 0.4) is 0 Å². The number of nitrogens with one attached hydrogen (secondary N) is 1. The summed E-state index contributed by atoms with van der Waals surface area (Å²) >= 11 is 0. The van der Waals surface area contributed by atoms with Gasteiger partial charge in [0.25, 0.3) is 10.0 Å². The molecule has 0 spiro atoms. The Bertz CT molecular complexity index is 1170. The zero-order valence-electron chi connectivity index (χ0n) is 18.4. The summed E-state index contributed by atoms with van der Waals surface area (Å²) < 4.78 is 44.0. The van der Waals surface area contributed by atoms with Gasteiger partial charge in [-0.1, -0.05) is 42.5 Å². The molecule has 0 unspecified atom stereocenters. The second-order valence-corrected chi connectivity index (χ2v) is 8.71. The molecule has 0 bridgehead atoms. The molecule has 3 aromatic carbocycles. The van der Waals surface area contributed by atoms with Crippen molar-refractivity contribution in [2.24, 2.45) is 0 Å². The quantitative estimate of drug-likeness (QED) is 0.433. The minimum absolute atomic E-state index is 0.0724. The highest BCUT2D eigenvalue weighted by Crippen LogP contribution is 2.32. The summed E-state index contributed by atoms with van der Waals surface area (Å²) in [7, 11) is -1.03. The van der Waals surface area contributed by atoms with Gasteiger partial charge in [0.05, 0.1) is 31.3 Å². The number of hydrogen-bond acceptors (Lipinski definition) is 6. The maximum atomic E-state index is 13.4. The average Bonchev–Trinajstić information content (AvgIpc) is 2.85. The van der Waals surface area contributed by atoms with E-state index in [0.717, 1.165) is 4.31 Å². The first-order valence-corrected chi connectivity index (χ1v) is 11.6. The van der Waals surface area contributed by atoms with Gasteiger partial charge in [-0.15, -0.1) is 0 Å². The van der Waals surface area contributed by atoms with Crippen molar-refractivity contribution in [3.05, 3.63) is 78.9 Å². The predicted molar refractivity (Wildman–Crippen MR) is 125 cm³/mol. The van der Waals surface area contributed by atoms with E-state index in [1.54, 1.807) is 61.7 Å². The van der Waals surface area contributed by atoms with Crippen LogP contribution < -0.4 is 23.8 Å². The number of methoxy groups -OCH3 is 2. The molecule has 1 N–H and O–H groups in total. The Labute approximate surface area is 193 Å². The van der Waals surface area contributed by atoms with Gasteiger partial charge in [-0.3, -0.25) is 9.10 Å². The molecule has 0 saturated carbocycles. The van der Waals surface area contributed by atoms with Gasteiger partial charge in [0, 0.05) is 0 Å². The van der Waals surface area contributed by atoms with Crippen LogP contribution in [-0.4, -0.2) is 48.2 Å². The van der Waals surface area contributed by atoms with E-state index in [1.807, 2.05) is 12.1 Å². The van der Waals surface area contributed by atoms with E-state index in [4.69, 9.17) is 14.2 Å². The van der Waals surface area contributed by atoms with Gasteiger partial charge in [-0.25, -0.2) is 8.42 Å². The summed E-state index contributed by atoms with van der Waals surface area (Å²) in [4.78, 5) is 12.8. The smallest absolute Gasteiger partial charge is 0.264 e. The fourth-order valence-corrected chi connectivity index (χ4v) is 4.58. The highest BCUT2D eigenvalue weighted by molar-refractivity contribution is 7.92. The topological polar surface area (TPSA) is 94.2 Å². The molecule has 1 amide bonds. The van der Waals surface area contributed by atoms with Crippen molar-refractivity contribution in [1.82, 2.24) is 5.32 Å². The van der Waals surface area contributed by atoms with Gasteiger partial charge in [0.1, 0.15) is 18.9 Å². The van der Waals surface area contributed by atoms with Crippen LogP contribution in [-0.2, 0) is 14.8 Å². The third-order valence-electron chi connectivity index (χ3n) is 4.72. The van der Waals surface area contributed by atoms with Crippen LogP contribution >= 0.6 is 0 Å². The standard InChI is InChI=1S/C24H26N2O6S/c1-30-21-13-7-6-12-20(21)26(33(28,29)19-10-4-3-5-11-19)18-24(27)25-16-17-32-23-15-9-8-14-22(23)31-2/h3-15H,16-18H2,1-2H3,(H,25,27). The van der Waals surface area contributed by atoms with Gasteiger partial charge >= 0.3 is 0 Å². The first-order chi connectivity index (χ1) is 16.0. The van der Waals surface area contributed by atoms with E-state index >= 15 is 0 Å². The van der Waals surface area contributed by atoms with E-state index in [9.17, 15) is 13.2 Å². The molecule has 3 aromatic rings. The fraction of sp³-hybridized carbons (Fsp3) is 0.208. The van der Waals surface area contributed by atoms with Crippen molar-refractivity contribution >= 4 is 21.6 Å². The Hall–Kier alpha value is -3.72. The van der Waals surface area contributed by atoms with Crippen LogP contribution in [0.5, 0.6) is 17.2 Å². The average molecular weight is 471 g/mol. The Kier molecular flexibility index (Phi) is 8.15. The molecule has 0 aromatic heterocycles. The lowest BCUT2D eigenvalue weighted by Gasteiger charge is -2.25. The zero-order valence-corrected chi connectivity index (χ0v) is 19.2. The van der Waals surface area contributed by atoms with Crippen LogP contribution in [0, 0.1) is 0 Å². The molecule has 174 valence electrons. The summed E-state index contributed by atoms with van der Waals surface area (Å²) in [6, 6.07) is 21.8. The molecular weight excluding hydrogens is 444 g/mol. The number of benzene rings is 3. The van der Waals surface area contributed by atoms with Crippen LogP contribution in [0.1, 0.15) is 0 Å². The molecule has 0 aliphatic heterocycles. The third-order valence-corrected chi connectivity index (χ3v) is 6.50. The summed E-state index contributed by atoms with van der Waals surface area (Å²) in [5, 5.41) is 2.70. The summed E-state index contributed by atoms with van der Waals surface area (Å²) in [5.74, 6) is 0.991. The van der Waals surface area contributed by atoms with Gasteiger partial charge in [0.15, 0.2) is 11.5 Å². The lowest BCUT2D eigenvalue weighted by atomic mass is 10.3. The van der Waals surface area contributed by atoms with Crippen molar-refractivity contribution in [3.8, 4) is 17.2 Å². The van der Waals surface area contributed by atoms with Crippen LogP contribution in [0.4, 0.5) is 5.69 Å². The SMILES string of the molecule is COc1ccccc1OCCNC(=O)CN(c1ccccc1OC)S(=O)(=O)c1ccccc1.